The Balaban J connectivity index is 0.00000370. The topological polar surface area (TPSA) is 40.5 Å². The number of rotatable bonds is 8. The predicted octanol–water partition coefficient (Wildman–Crippen LogP) is 8.52. The number of nitrogens with zero attached hydrogens (tertiary/aromatic N) is 1. The standard InChI is InChI=1S/C31H28Cl2F3NO2.ClH/c32-22-7-10-24(27(33)15-22)25-4-1-3-19-14-21(31(38)39)6-8-23(19)28(25)26-9-5-20(29(35)30(26)36)13-18-16-37(17-18)12-2-11-34;/h5-10,14-15,18H,1-4,11-13,16-17H2,(H,38,39);1H. The van der Waals surface area contributed by atoms with Gasteiger partial charge in [-0.05, 0) is 95.7 Å². The second-order valence-electron chi connectivity index (χ2n) is 10.3. The Kier molecular flexibility index (Phi) is 9.89. The molecule has 2 aliphatic rings. The molecule has 0 spiro atoms. The first kappa shape index (κ1) is 30.4. The minimum Gasteiger partial charge on any atom is -0.478 e. The Morgan fingerprint density at radius 3 is 2.38 bits per heavy atom. The van der Waals surface area contributed by atoms with E-state index in [9.17, 15) is 14.3 Å². The zero-order valence-electron chi connectivity index (χ0n) is 21.7. The van der Waals surface area contributed by atoms with Crippen molar-refractivity contribution < 1.29 is 23.1 Å². The number of carbonyl (C=O) groups is 1. The summed E-state index contributed by atoms with van der Waals surface area (Å²) in [6, 6.07) is 13.1. The van der Waals surface area contributed by atoms with Crippen molar-refractivity contribution in [1.29, 1.82) is 0 Å². The number of halogens is 6. The van der Waals surface area contributed by atoms with Crippen molar-refractivity contribution >= 4 is 52.7 Å². The van der Waals surface area contributed by atoms with Crippen LogP contribution in [0, 0.1) is 17.6 Å². The lowest BCUT2D eigenvalue weighted by Crippen LogP contribution is -2.48. The van der Waals surface area contributed by atoms with Gasteiger partial charge in [-0.2, -0.15) is 0 Å². The van der Waals surface area contributed by atoms with Crippen molar-refractivity contribution in [1.82, 2.24) is 4.90 Å². The fourth-order valence-electron chi connectivity index (χ4n) is 5.75. The minimum absolute atomic E-state index is 0. The molecule has 1 aliphatic heterocycles. The zero-order chi connectivity index (χ0) is 27.7. The summed E-state index contributed by atoms with van der Waals surface area (Å²) in [6.07, 6.45) is 2.68. The molecule has 1 heterocycles. The van der Waals surface area contributed by atoms with Crippen LogP contribution in [0.4, 0.5) is 13.2 Å². The van der Waals surface area contributed by atoms with Crippen molar-refractivity contribution in [2.45, 2.75) is 32.1 Å². The van der Waals surface area contributed by atoms with Crippen molar-refractivity contribution in [3.63, 3.8) is 0 Å². The van der Waals surface area contributed by atoms with Gasteiger partial charge in [0.1, 0.15) is 0 Å². The largest absolute Gasteiger partial charge is 0.478 e. The number of hydrogen-bond acceptors (Lipinski definition) is 2. The van der Waals surface area contributed by atoms with Gasteiger partial charge in [0, 0.05) is 35.2 Å². The molecule has 5 rings (SSSR count). The van der Waals surface area contributed by atoms with Gasteiger partial charge >= 0.3 is 5.97 Å². The highest BCUT2D eigenvalue weighted by atomic mass is 35.5. The first-order chi connectivity index (χ1) is 18.8. The average molecular weight is 611 g/mol. The van der Waals surface area contributed by atoms with E-state index >= 15 is 8.78 Å². The van der Waals surface area contributed by atoms with Crippen molar-refractivity contribution in [3.8, 4) is 0 Å². The van der Waals surface area contributed by atoms with Gasteiger partial charge in [-0.25, -0.2) is 13.6 Å². The number of aryl methyl sites for hydroxylation is 1. The molecular weight excluding hydrogens is 582 g/mol. The minimum atomic E-state index is -1.05. The van der Waals surface area contributed by atoms with Gasteiger partial charge in [-0.3, -0.25) is 4.39 Å². The molecule has 0 amide bonds. The van der Waals surface area contributed by atoms with Gasteiger partial charge in [0.2, 0.25) is 0 Å². The second kappa shape index (κ2) is 13.0. The van der Waals surface area contributed by atoms with Crippen LogP contribution in [0.5, 0.6) is 0 Å². The predicted molar refractivity (Wildman–Crippen MR) is 157 cm³/mol. The van der Waals surface area contributed by atoms with Gasteiger partial charge in [0.05, 0.1) is 12.2 Å². The van der Waals surface area contributed by atoms with Crippen LogP contribution in [0.1, 0.15) is 57.4 Å². The fourth-order valence-corrected chi connectivity index (χ4v) is 6.28. The number of benzene rings is 3. The van der Waals surface area contributed by atoms with Crippen LogP contribution < -0.4 is 0 Å². The Hall–Kier alpha value is -2.51. The van der Waals surface area contributed by atoms with E-state index in [2.05, 4.69) is 4.90 Å². The summed E-state index contributed by atoms with van der Waals surface area (Å²) in [5.41, 5.74) is 3.93. The van der Waals surface area contributed by atoms with E-state index in [4.69, 9.17) is 23.2 Å². The molecule has 0 aromatic heterocycles. The third-order valence-corrected chi connectivity index (χ3v) is 8.18. The number of aromatic carboxylic acids is 1. The first-order valence-electron chi connectivity index (χ1n) is 13.1. The molecule has 1 saturated heterocycles. The highest BCUT2D eigenvalue weighted by molar-refractivity contribution is 6.36. The summed E-state index contributed by atoms with van der Waals surface area (Å²) >= 11 is 12.7. The zero-order valence-corrected chi connectivity index (χ0v) is 24.0. The number of likely N-dealkylation sites (tertiary alicyclic amines) is 1. The van der Waals surface area contributed by atoms with E-state index in [-0.39, 0.29) is 36.1 Å². The van der Waals surface area contributed by atoms with Gasteiger partial charge in [0.15, 0.2) is 11.6 Å². The van der Waals surface area contributed by atoms with Crippen LogP contribution in [-0.4, -0.2) is 42.3 Å². The quantitative estimate of drug-likeness (QED) is 0.278. The van der Waals surface area contributed by atoms with Crippen molar-refractivity contribution in [2.24, 2.45) is 5.92 Å². The van der Waals surface area contributed by atoms with Crippen LogP contribution in [0.3, 0.4) is 0 Å². The highest BCUT2D eigenvalue weighted by Gasteiger charge is 2.30. The molecule has 0 unspecified atom stereocenters. The maximum atomic E-state index is 15.9. The lowest BCUT2D eigenvalue weighted by molar-refractivity contribution is 0.0696. The van der Waals surface area contributed by atoms with Crippen LogP contribution in [0.2, 0.25) is 10.0 Å². The van der Waals surface area contributed by atoms with E-state index in [1.807, 2.05) is 0 Å². The molecule has 0 atom stereocenters. The first-order valence-corrected chi connectivity index (χ1v) is 13.8. The van der Waals surface area contributed by atoms with E-state index in [0.717, 1.165) is 24.2 Å². The Labute approximate surface area is 248 Å². The summed E-state index contributed by atoms with van der Waals surface area (Å²) in [4.78, 5) is 13.8. The van der Waals surface area contributed by atoms with E-state index < -0.39 is 17.6 Å². The Morgan fingerprint density at radius 2 is 1.68 bits per heavy atom. The van der Waals surface area contributed by atoms with Crippen LogP contribution in [-0.2, 0) is 12.8 Å². The Bertz CT molecular complexity index is 1450. The molecule has 1 aliphatic carbocycles. The maximum absolute atomic E-state index is 15.9. The maximum Gasteiger partial charge on any atom is 0.335 e. The number of carboxylic acid groups (broad SMARTS) is 1. The van der Waals surface area contributed by atoms with E-state index in [1.54, 1.807) is 42.5 Å². The molecule has 0 bridgehead atoms. The Morgan fingerprint density at radius 1 is 0.950 bits per heavy atom. The summed E-state index contributed by atoms with van der Waals surface area (Å²) < 4.78 is 43.9. The monoisotopic (exact) mass is 609 g/mol. The highest BCUT2D eigenvalue weighted by Crippen LogP contribution is 2.43. The summed E-state index contributed by atoms with van der Waals surface area (Å²) in [5.74, 6) is -2.67. The number of fused-ring (bicyclic) bond motifs is 1. The fraction of sp³-hybridized carbons (Fsp3) is 0.323. The van der Waals surface area contributed by atoms with Gasteiger partial charge in [-0.1, -0.05) is 47.5 Å². The van der Waals surface area contributed by atoms with Crippen LogP contribution in [0.25, 0.3) is 11.1 Å². The molecular formula is C31H29Cl3F3NO2. The number of allylic oxidation sites excluding steroid dienone is 1. The third-order valence-electron chi connectivity index (χ3n) is 7.63. The molecule has 3 aromatic carbocycles. The van der Waals surface area contributed by atoms with Gasteiger partial charge < -0.3 is 10.0 Å². The molecule has 1 N–H and O–H groups in total. The van der Waals surface area contributed by atoms with E-state index in [1.165, 1.54) is 6.07 Å². The van der Waals surface area contributed by atoms with Gasteiger partial charge in [0.25, 0.3) is 0 Å². The second-order valence-corrected chi connectivity index (χ2v) is 11.1. The molecule has 212 valence electrons. The molecule has 0 radical (unpaired) electrons. The molecule has 9 heteroatoms. The van der Waals surface area contributed by atoms with Crippen LogP contribution >= 0.6 is 35.6 Å². The molecule has 40 heavy (non-hydrogen) atoms. The van der Waals surface area contributed by atoms with Crippen LogP contribution in [0.15, 0.2) is 48.5 Å². The molecule has 0 saturated carbocycles. The number of alkyl halides is 1. The lowest BCUT2D eigenvalue weighted by Gasteiger charge is -2.39. The normalized spacial score (nSPS) is 15.7. The summed E-state index contributed by atoms with van der Waals surface area (Å²) in [7, 11) is 0. The summed E-state index contributed by atoms with van der Waals surface area (Å²) in [6.45, 7) is 1.80. The number of hydrogen-bond donors (Lipinski definition) is 1. The van der Waals surface area contributed by atoms with Gasteiger partial charge in [-0.15, -0.1) is 12.4 Å². The van der Waals surface area contributed by atoms with E-state index in [0.29, 0.717) is 71.0 Å². The smallest absolute Gasteiger partial charge is 0.335 e. The SMILES string of the molecule is Cl.O=C(O)c1ccc2c(c1)CCCC(c1ccc(Cl)cc1Cl)=C2c1ccc(CC2CN(CCCF)C2)c(F)c1F. The molecule has 3 aromatic rings. The average Bonchev–Trinajstić information content (AvgIpc) is 3.07. The summed E-state index contributed by atoms with van der Waals surface area (Å²) in [5, 5.41) is 10.4. The molecule has 1 fully saturated rings. The third kappa shape index (κ3) is 6.20. The van der Waals surface area contributed by atoms with Crippen molar-refractivity contribution in [3.05, 3.63) is 104 Å². The molecule has 3 nitrogen and oxygen atoms in total. The lowest BCUT2D eigenvalue weighted by atomic mass is 9.85. The number of carboxylic acids is 1. The van der Waals surface area contributed by atoms with Crippen molar-refractivity contribution in [2.75, 3.05) is 26.3 Å².